The first-order chi connectivity index (χ1) is 37.9. The molecule has 0 spiro atoms. The third-order valence-electron chi connectivity index (χ3n) is 13.6. The number of ether oxygens (including phenoxy) is 8. The summed E-state index contributed by atoms with van der Waals surface area (Å²) in [6.07, 6.45) is 5.86. The SMILES string of the molecule is C[C@H](OCc1ccccc1)[C@@H]1OCC[C@H]1CCC[C@H](NC(=O)OC(C)(C)C)C(=O)OCc1ccccc1.C[C@H](OCc1ccccc1)[C@H](OCC1CC1)[C@@H](CCO)CCC[C@H](NC(=O)OC(C)(C)C)C(=O)OCc1ccccc1. The fraction of sp³-hybridized carbons (Fsp3) is 0.562. The van der Waals surface area contributed by atoms with Gasteiger partial charge in [-0.3, -0.25) is 0 Å². The molecule has 4 aromatic rings. The smallest absolute Gasteiger partial charge is 0.408 e. The average Bonchev–Trinajstić information content (AvgIpc) is 4.14. The number of alkyl carbamates (subject to hydrolysis) is 2. The van der Waals surface area contributed by atoms with E-state index in [1.54, 1.807) is 41.5 Å². The summed E-state index contributed by atoms with van der Waals surface area (Å²) in [6.45, 7) is 17.5. The molecule has 15 heteroatoms. The van der Waals surface area contributed by atoms with Crippen molar-refractivity contribution in [1.82, 2.24) is 10.6 Å². The van der Waals surface area contributed by atoms with Crippen molar-refractivity contribution in [2.75, 3.05) is 19.8 Å². The van der Waals surface area contributed by atoms with Crippen LogP contribution in [0.25, 0.3) is 0 Å². The van der Waals surface area contributed by atoms with Gasteiger partial charge in [-0.05, 0) is 147 Å². The van der Waals surface area contributed by atoms with Gasteiger partial charge in [-0.15, -0.1) is 0 Å². The monoisotopic (exact) mass is 1090 g/mol. The zero-order chi connectivity index (χ0) is 57.0. The molecule has 1 saturated heterocycles. The summed E-state index contributed by atoms with van der Waals surface area (Å²) < 4.78 is 46.7. The van der Waals surface area contributed by atoms with Crippen LogP contribution in [0.2, 0.25) is 0 Å². The van der Waals surface area contributed by atoms with E-state index in [2.05, 4.69) is 17.6 Å². The van der Waals surface area contributed by atoms with E-state index in [0.29, 0.717) is 70.4 Å². The fourth-order valence-corrected chi connectivity index (χ4v) is 9.33. The van der Waals surface area contributed by atoms with Crippen LogP contribution in [0.1, 0.15) is 142 Å². The Labute approximate surface area is 470 Å². The van der Waals surface area contributed by atoms with Gasteiger partial charge in [0, 0.05) is 19.8 Å². The van der Waals surface area contributed by atoms with Gasteiger partial charge in [-0.25, -0.2) is 19.2 Å². The number of rotatable bonds is 30. The first kappa shape index (κ1) is 64.0. The number of amides is 2. The van der Waals surface area contributed by atoms with Gasteiger partial charge >= 0.3 is 24.1 Å². The third-order valence-corrected chi connectivity index (χ3v) is 13.6. The quantitative estimate of drug-likeness (QED) is 0.0331. The van der Waals surface area contributed by atoms with Crippen molar-refractivity contribution >= 4 is 24.1 Å². The van der Waals surface area contributed by atoms with Crippen LogP contribution in [0.3, 0.4) is 0 Å². The molecule has 0 radical (unpaired) electrons. The van der Waals surface area contributed by atoms with Crippen LogP contribution in [-0.2, 0) is 73.9 Å². The lowest BCUT2D eigenvalue weighted by Gasteiger charge is -2.32. The van der Waals surface area contributed by atoms with E-state index in [4.69, 9.17) is 37.9 Å². The summed E-state index contributed by atoms with van der Waals surface area (Å²) in [7, 11) is 0. The number of aliphatic hydroxyl groups is 1. The van der Waals surface area contributed by atoms with Gasteiger partial charge in [0.15, 0.2) is 0 Å². The van der Waals surface area contributed by atoms with E-state index in [1.165, 1.54) is 12.8 Å². The van der Waals surface area contributed by atoms with Crippen LogP contribution in [0.4, 0.5) is 9.59 Å². The number of esters is 2. The zero-order valence-electron chi connectivity index (χ0n) is 48.1. The Kier molecular flexibility index (Phi) is 27.3. The zero-order valence-corrected chi connectivity index (χ0v) is 48.1. The third kappa shape index (κ3) is 25.9. The Bertz CT molecular complexity index is 2340. The lowest BCUT2D eigenvalue weighted by Crippen LogP contribution is -2.44. The summed E-state index contributed by atoms with van der Waals surface area (Å²) >= 11 is 0. The molecule has 1 heterocycles. The summed E-state index contributed by atoms with van der Waals surface area (Å²) in [5, 5.41) is 15.4. The molecule has 1 aliphatic heterocycles. The van der Waals surface area contributed by atoms with Gasteiger partial charge in [0.2, 0.25) is 0 Å². The maximum Gasteiger partial charge on any atom is 0.408 e. The Morgan fingerprint density at radius 3 is 1.46 bits per heavy atom. The van der Waals surface area contributed by atoms with Crippen molar-refractivity contribution in [3.8, 4) is 0 Å². The minimum atomic E-state index is -0.865. The summed E-state index contributed by atoms with van der Waals surface area (Å²) in [4.78, 5) is 51.0. The van der Waals surface area contributed by atoms with Crippen molar-refractivity contribution in [3.05, 3.63) is 144 Å². The topological polar surface area (TPSA) is 186 Å². The number of hydrogen-bond acceptors (Lipinski definition) is 13. The van der Waals surface area contributed by atoms with Gasteiger partial charge in [-0.2, -0.15) is 0 Å². The van der Waals surface area contributed by atoms with Crippen molar-refractivity contribution in [3.63, 3.8) is 0 Å². The second-order valence-corrected chi connectivity index (χ2v) is 22.8. The molecule has 4 aromatic carbocycles. The van der Waals surface area contributed by atoms with Crippen LogP contribution in [0.15, 0.2) is 121 Å². The molecule has 15 nitrogen and oxygen atoms in total. The van der Waals surface area contributed by atoms with Crippen molar-refractivity contribution in [1.29, 1.82) is 0 Å². The predicted molar refractivity (Wildman–Crippen MR) is 303 cm³/mol. The summed E-state index contributed by atoms with van der Waals surface area (Å²) in [6, 6.07) is 37.4. The molecule has 1 aliphatic carbocycles. The first-order valence-electron chi connectivity index (χ1n) is 28.4. The molecule has 1 saturated carbocycles. The van der Waals surface area contributed by atoms with Crippen molar-refractivity contribution in [2.45, 2.75) is 194 Å². The second-order valence-electron chi connectivity index (χ2n) is 22.8. The number of aliphatic hydroxyl groups excluding tert-OH is 1. The number of nitrogens with one attached hydrogen (secondary N) is 2. The van der Waals surface area contributed by atoms with E-state index >= 15 is 0 Å². The van der Waals surface area contributed by atoms with Crippen molar-refractivity contribution < 1.29 is 62.2 Å². The Hall–Kier alpha value is -5.84. The summed E-state index contributed by atoms with van der Waals surface area (Å²) in [5.74, 6) is -0.0428. The number of hydrogen-bond donors (Lipinski definition) is 3. The molecule has 0 unspecified atom stereocenters. The molecule has 2 fully saturated rings. The highest BCUT2D eigenvalue weighted by atomic mass is 16.6. The van der Waals surface area contributed by atoms with Gasteiger partial charge in [-0.1, -0.05) is 134 Å². The maximum atomic E-state index is 13.1. The van der Waals surface area contributed by atoms with E-state index in [1.807, 2.05) is 128 Å². The highest BCUT2D eigenvalue weighted by Gasteiger charge is 2.35. The number of benzene rings is 4. The van der Waals surface area contributed by atoms with Gasteiger partial charge in [0.1, 0.15) is 36.5 Å². The standard InChI is InChI=1S/C34H49NO7.C30H41NO6/c1-25(39-22-26-12-7-5-8-13-26)31(40-23-28-18-19-28)29(20-21-36)16-11-17-30(35-33(38)42-34(2,3)4)32(37)41-24-27-14-9-6-10-15-27;1-22(35-20-23-12-7-5-8-13-23)27-25(18-19-34-27)16-11-17-26(31-29(33)37-30(2,3)4)28(32)36-21-24-14-9-6-10-15-24/h5-10,12-15,25,28-31,36H,11,16-24H2,1-4H3,(H,35,38);5-10,12-15,22,25-27H,11,16-21H2,1-4H3,(H,31,33)/t25-,29+,30-,31-;22-,25+,26-,27-/m00/s1. The first-order valence-corrected chi connectivity index (χ1v) is 28.4. The van der Waals surface area contributed by atoms with Crippen LogP contribution in [-0.4, -0.2) is 96.8 Å². The largest absolute Gasteiger partial charge is 0.459 e. The number of carbonyl (C=O) groups is 4. The van der Waals surface area contributed by atoms with Crippen LogP contribution in [0, 0.1) is 17.8 Å². The minimum absolute atomic E-state index is 0.00556. The van der Waals surface area contributed by atoms with Gasteiger partial charge in [0.05, 0.1) is 37.6 Å². The minimum Gasteiger partial charge on any atom is -0.459 e. The average molecular weight is 1100 g/mol. The van der Waals surface area contributed by atoms with Gasteiger partial charge in [0.25, 0.3) is 0 Å². The fourth-order valence-electron chi connectivity index (χ4n) is 9.33. The lowest BCUT2D eigenvalue weighted by atomic mass is 9.89. The molecule has 434 valence electrons. The van der Waals surface area contributed by atoms with E-state index in [-0.39, 0.29) is 50.2 Å². The van der Waals surface area contributed by atoms with E-state index in [0.717, 1.165) is 41.5 Å². The second kappa shape index (κ2) is 33.7. The van der Waals surface area contributed by atoms with Crippen LogP contribution >= 0.6 is 0 Å². The Balaban J connectivity index is 0.000000293. The highest BCUT2D eigenvalue weighted by Crippen LogP contribution is 2.33. The molecular weight excluding hydrogens is 1000 g/mol. The molecule has 0 bridgehead atoms. The molecule has 8 atom stereocenters. The normalized spacial score (nSPS) is 17.6. The molecule has 3 N–H and O–H groups in total. The van der Waals surface area contributed by atoms with Crippen LogP contribution in [0.5, 0.6) is 0 Å². The van der Waals surface area contributed by atoms with Crippen LogP contribution < -0.4 is 10.6 Å². The Morgan fingerprint density at radius 2 is 1.01 bits per heavy atom. The molecule has 6 rings (SSSR count). The molecule has 79 heavy (non-hydrogen) atoms. The molecule has 2 aliphatic rings. The van der Waals surface area contributed by atoms with Gasteiger partial charge < -0.3 is 53.6 Å². The molecular formula is C64H90N2O13. The Morgan fingerprint density at radius 1 is 0.570 bits per heavy atom. The molecule has 0 aromatic heterocycles. The maximum absolute atomic E-state index is 13.1. The molecule has 2 amide bonds. The van der Waals surface area contributed by atoms with E-state index in [9.17, 15) is 24.3 Å². The number of carbonyl (C=O) groups excluding carboxylic acids is 4. The van der Waals surface area contributed by atoms with E-state index < -0.39 is 47.4 Å². The highest BCUT2D eigenvalue weighted by molar-refractivity contribution is 5.82. The summed E-state index contributed by atoms with van der Waals surface area (Å²) in [5.41, 5.74) is 2.62. The lowest BCUT2D eigenvalue weighted by molar-refractivity contribution is -0.148. The predicted octanol–water partition coefficient (Wildman–Crippen LogP) is 12.0. The van der Waals surface area contributed by atoms with Crippen molar-refractivity contribution in [2.24, 2.45) is 17.8 Å².